The number of nitrogens with zero attached hydrogens (tertiary/aromatic N) is 2. The van der Waals surface area contributed by atoms with Gasteiger partial charge in [0.2, 0.25) is 0 Å². The zero-order valence-corrected chi connectivity index (χ0v) is 27.1. The fourth-order valence-corrected chi connectivity index (χ4v) is 6.78. The summed E-state index contributed by atoms with van der Waals surface area (Å²) in [6.07, 6.45) is 0. The number of anilines is 1. The summed E-state index contributed by atoms with van der Waals surface area (Å²) in [4.78, 5) is 33.9. The van der Waals surface area contributed by atoms with E-state index in [0.29, 0.717) is 83.6 Å². The van der Waals surface area contributed by atoms with Crippen LogP contribution >= 0.6 is 11.3 Å². The van der Waals surface area contributed by atoms with Crippen LogP contribution in [0.5, 0.6) is 28.7 Å². The van der Waals surface area contributed by atoms with E-state index in [2.05, 4.69) is 0 Å². The van der Waals surface area contributed by atoms with Crippen molar-refractivity contribution in [2.45, 2.75) is 26.5 Å². The lowest BCUT2D eigenvalue weighted by Crippen LogP contribution is -2.29. The molecule has 1 fully saturated rings. The van der Waals surface area contributed by atoms with Crippen LogP contribution in [0.25, 0.3) is 16.0 Å². The molecule has 0 saturated carbocycles. The minimum atomic E-state index is -1.03. The first-order valence-electron chi connectivity index (χ1n) is 15.6. The van der Waals surface area contributed by atoms with E-state index in [0.717, 1.165) is 10.3 Å². The molecule has 4 aromatic carbocycles. The van der Waals surface area contributed by atoms with Gasteiger partial charge in [-0.05, 0) is 73.5 Å². The molecule has 2 aliphatic heterocycles. The molecule has 3 heterocycles. The van der Waals surface area contributed by atoms with Gasteiger partial charge >= 0.3 is 5.91 Å². The summed E-state index contributed by atoms with van der Waals surface area (Å²) in [5.74, 6) is 0.562. The van der Waals surface area contributed by atoms with Gasteiger partial charge in [-0.25, -0.2) is 4.98 Å². The Morgan fingerprint density at radius 2 is 1.67 bits per heavy atom. The van der Waals surface area contributed by atoms with Crippen molar-refractivity contribution in [2.75, 3.05) is 31.3 Å². The number of rotatable bonds is 10. The van der Waals surface area contributed by atoms with Crippen LogP contribution in [0.1, 0.15) is 36.6 Å². The molecular formula is C37H32N2O8S. The Kier molecular flexibility index (Phi) is 8.60. The van der Waals surface area contributed by atoms with Crippen LogP contribution in [0.4, 0.5) is 5.13 Å². The Bertz CT molecular complexity index is 2040. The zero-order valence-electron chi connectivity index (χ0n) is 26.3. The molecule has 0 spiro atoms. The molecule has 0 radical (unpaired) electrons. The number of carbonyl (C=O) groups excluding carboxylic acids is 2. The minimum absolute atomic E-state index is 0.0914. The lowest BCUT2D eigenvalue weighted by atomic mass is 9.95. The SMILES string of the molecule is CCOc1ccc2nc(N3C(=O)C(=O)/C(=C(/O)c4ccc5c(c4)OCCO5)[C@@H]3c3ccc(OCc4ccccc4)c(OCC)c3)sc2c1. The monoisotopic (exact) mass is 664 g/mol. The highest BCUT2D eigenvalue weighted by Gasteiger charge is 2.48. The van der Waals surface area contributed by atoms with E-state index >= 15 is 0 Å². The van der Waals surface area contributed by atoms with Crippen LogP contribution in [0, 0.1) is 0 Å². The Hall–Kier alpha value is -5.55. The second-order valence-corrected chi connectivity index (χ2v) is 12.0. The molecule has 5 aromatic rings. The summed E-state index contributed by atoms with van der Waals surface area (Å²) in [6, 6.07) is 24.4. The predicted molar refractivity (Wildman–Crippen MR) is 181 cm³/mol. The van der Waals surface area contributed by atoms with Gasteiger partial charge < -0.3 is 28.8 Å². The number of Topliss-reactive ketones (excluding diaryl/α,β-unsaturated/α-hetero) is 1. The highest BCUT2D eigenvalue weighted by molar-refractivity contribution is 7.22. The summed E-state index contributed by atoms with van der Waals surface area (Å²) in [7, 11) is 0. The molecule has 1 amide bonds. The Morgan fingerprint density at radius 1 is 0.875 bits per heavy atom. The fraction of sp³-hybridized carbons (Fsp3) is 0.216. The van der Waals surface area contributed by atoms with Crippen molar-refractivity contribution in [1.82, 2.24) is 4.98 Å². The van der Waals surface area contributed by atoms with Gasteiger partial charge in [-0.1, -0.05) is 47.7 Å². The van der Waals surface area contributed by atoms with Gasteiger partial charge in [-0.3, -0.25) is 14.5 Å². The van der Waals surface area contributed by atoms with Crippen LogP contribution in [0.2, 0.25) is 0 Å². The normalized spacial score (nSPS) is 16.7. The largest absolute Gasteiger partial charge is 0.507 e. The first kappa shape index (κ1) is 31.1. The molecule has 0 aliphatic carbocycles. The molecule has 2 aliphatic rings. The smallest absolute Gasteiger partial charge is 0.301 e. The quantitative estimate of drug-likeness (QED) is 0.0951. The first-order chi connectivity index (χ1) is 23.4. The Morgan fingerprint density at radius 3 is 2.46 bits per heavy atom. The maximum absolute atomic E-state index is 13.9. The molecule has 10 nitrogen and oxygen atoms in total. The van der Waals surface area contributed by atoms with E-state index in [-0.39, 0.29) is 11.3 Å². The maximum atomic E-state index is 13.9. The second-order valence-electron chi connectivity index (χ2n) is 11.0. The number of hydrogen-bond acceptors (Lipinski definition) is 10. The highest BCUT2D eigenvalue weighted by Crippen LogP contribution is 2.47. The van der Waals surface area contributed by atoms with E-state index in [1.165, 1.54) is 16.2 Å². The lowest BCUT2D eigenvalue weighted by molar-refractivity contribution is -0.132. The average molecular weight is 665 g/mol. The number of fused-ring (bicyclic) bond motifs is 2. The number of ketones is 1. The number of thiazole rings is 1. The molecule has 1 N–H and O–H groups in total. The van der Waals surface area contributed by atoms with Gasteiger partial charge in [-0.15, -0.1) is 0 Å². The molecule has 48 heavy (non-hydrogen) atoms. The Labute approximate surface area is 280 Å². The third-order valence-corrected chi connectivity index (χ3v) is 8.96. The third-order valence-electron chi connectivity index (χ3n) is 7.95. The van der Waals surface area contributed by atoms with E-state index in [9.17, 15) is 14.7 Å². The third kappa shape index (κ3) is 5.88. The minimum Gasteiger partial charge on any atom is -0.507 e. The van der Waals surface area contributed by atoms with Gasteiger partial charge in [0.1, 0.15) is 31.3 Å². The zero-order chi connectivity index (χ0) is 33.2. The van der Waals surface area contributed by atoms with Crippen molar-refractivity contribution in [3.63, 3.8) is 0 Å². The fourth-order valence-electron chi connectivity index (χ4n) is 5.76. The van der Waals surface area contributed by atoms with Crippen LogP contribution in [-0.4, -0.2) is 48.2 Å². The number of hydrogen-bond donors (Lipinski definition) is 1. The number of aromatic nitrogens is 1. The van der Waals surface area contributed by atoms with E-state index in [1.807, 2.05) is 62.4 Å². The number of carbonyl (C=O) groups is 2. The van der Waals surface area contributed by atoms with E-state index in [1.54, 1.807) is 36.4 Å². The molecular weight excluding hydrogens is 632 g/mol. The van der Waals surface area contributed by atoms with Gasteiger partial charge in [0.25, 0.3) is 5.78 Å². The number of ether oxygens (including phenoxy) is 5. The van der Waals surface area contributed by atoms with E-state index < -0.39 is 17.7 Å². The first-order valence-corrected chi connectivity index (χ1v) is 16.4. The molecule has 0 bridgehead atoms. The predicted octanol–water partition coefficient (Wildman–Crippen LogP) is 7.07. The van der Waals surface area contributed by atoms with Crippen molar-refractivity contribution in [3.8, 4) is 28.7 Å². The van der Waals surface area contributed by atoms with Crippen LogP contribution < -0.4 is 28.6 Å². The van der Waals surface area contributed by atoms with Crippen molar-refractivity contribution < 1.29 is 38.4 Å². The summed E-state index contributed by atoms with van der Waals surface area (Å²) in [5.41, 5.74) is 2.37. The van der Waals surface area contributed by atoms with Gasteiger partial charge in [-0.2, -0.15) is 0 Å². The number of amides is 1. The van der Waals surface area contributed by atoms with Crippen molar-refractivity contribution in [2.24, 2.45) is 0 Å². The summed E-state index contributed by atoms with van der Waals surface area (Å²) in [5, 5.41) is 12.1. The molecule has 7 rings (SSSR count). The summed E-state index contributed by atoms with van der Waals surface area (Å²) < 4.78 is 29.9. The number of aliphatic hydroxyl groups is 1. The van der Waals surface area contributed by atoms with Gasteiger partial charge in [0, 0.05) is 5.56 Å². The topological polar surface area (TPSA) is 117 Å². The molecule has 1 atom stereocenters. The van der Waals surface area contributed by atoms with Crippen molar-refractivity contribution in [1.29, 1.82) is 0 Å². The molecule has 0 unspecified atom stereocenters. The lowest BCUT2D eigenvalue weighted by Gasteiger charge is -2.24. The second kappa shape index (κ2) is 13.3. The summed E-state index contributed by atoms with van der Waals surface area (Å²) >= 11 is 1.26. The Balaban J connectivity index is 1.35. The van der Waals surface area contributed by atoms with Crippen LogP contribution in [0.15, 0.2) is 90.5 Å². The van der Waals surface area contributed by atoms with Gasteiger partial charge in [0.15, 0.2) is 28.1 Å². The number of aliphatic hydroxyl groups excluding tert-OH is 1. The highest BCUT2D eigenvalue weighted by atomic mass is 32.1. The maximum Gasteiger partial charge on any atom is 0.301 e. The molecule has 11 heteroatoms. The van der Waals surface area contributed by atoms with Crippen molar-refractivity contribution in [3.05, 3.63) is 107 Å². The van der Waals surface area contributed by atoms with Crippen molar-refractivity contribution >= 4 is 44.1 Å². The van der Waals surface area contributed by atoms with Crippen LogP contribution in [0.3, 0.4) is 0 Å². The van der Waals surface area contributed by atoms with Crippen LogP contribution in [-0.2, 0) is 16.2 Å². The van der Waals surface area contributed by atoms with E-state index in [4.69, 9.17) is 28.7 Å². The molecule has 1 saturated heterocycles. The average Bonchev–Trinajstić information content (AvgIpc) is 3.65. The number of benzene rings is 4. The van der Waals surface area contributed by atoms with Gasteiger partial charge in [0.05, 0.1) is 35.0 Å². The molecule has 1 aromatic heterocycles. The standard InChI is InChI=1S/C37H32N2O8S/c1-3-43-25-12-13-26-31(20-25)48-37(38-26)39-33(23-10-14-28(29(18-23)44-4-2)47-21-22-8-6-5-7-9-22)32(35(41)36(39)42)34(40)24-11-15-27-30(19-24)46-17-16-45-27/h5-15,18-20,33,40H,3-4,16-17,21H2,1-2H3/b34-32+/t33-/m0/s1. The molecule has 244 valence electrons. The summed E-state index contributed by atoms with van der Waals surface area (Å²) in [6.45, 7) is 5.69.